The Labute approximate surface area is 235 Å². The second-order valence-electron chi connectivity index (χ2n) is 10.1. The van der Waals surface area contributed by atoms with E-state index in [0.29, 0.717) is 31.6 Å². The number of piperidine rings is 1. The first-order chi connectivity index (χ1) is 18.7. The van der Waals surface area contributed by atoms with Gasteiger partial charge in [0, 0.05) is 38.0 Å². The highest BCUT2D eigenvalue weighted by atomic mass is 32.2. The van der Waals surface area contributed by atoms with Crippen molar-refractivity contribution in [3.05, 3.63) is 48.5 Å². The largest absolute Gasteiger partial charge is 0.491 e. The zero-order valence-electron chi connectivity index (χ0n) is 22.3. The molecule has 0 aliphatic carbocycles. The minimum Gasteiger partial charge on any atom is -0.491 e. The highest BCUT2D eigenvalue weighted by Crippen LogP contribution is 2.37. The fraction of sp³-hybridized carbons (Fsp3) is 0.520. The Balaban J connectivity index is 1.24. The molecule has 2 heterocycles. The maximum Gasteiger partial charge on any atom is 0.243 e. The van der Waals surface area contributed by atoms with Crippen LogP contribution in [0.3, 0.4) is 0 Å². The van der Waals surface area contributed by atoms with Crippen LogP contribution in [0.1, 0.15) is 19.3 Å². The van der Waals surface area contributed by atoms with Crippen molar-refractivity contribution in [1.82, 2.24) is 14.3 Å². The van der Waals surface area contributed by atoms with Crippen LogP contribution < -0.4 is 14.8 Å². The molecule has 1 spiro atoms. The number of sulfonamides is 2. The summed E-state index contributed by atoms with van der Waals surface area (Å²) in [6.45, 7) is 1.19. The summed E-state index contributed by atoms with van der Waals surface area (Å²) in [5, 5.41) is 13.7. The van der Waals surface area contributed by atoms with Gasteiger partial charge in [0.1, 0.15) is 18.5 Å². The molecule has 3 N–H and O–H groups in total. The molecule has 2 aromatic carbocycles. The zero-order chi connectivity index (χ0) is 29.2. The summed E-state index contributed by atoms with van der Waals surface area (Å²) in [6, 6.07) is 11.2. The Morgan fingerprint density at radius 3 is 2.30 bits per heavy atom. The Morgan fingerprint density at radius 1 is 1.02 bits per heavy atom. The van der Waals surface area contributed by atoms with E-state index in [0.717, 1.165) is 6.26 Å². The predicted molar refractivity (Wildman–Crippen MR) is 147 cm³/mol. The van der Waals surface area contributed by atoms with E-state index in [1.807, 2.05) is 0 Å². The lowest BCUT2D eigenvalue weighted by molar-refractivity contribution is -0.0312. The van der Waals surface area contributed by atoms with Crippen molar-refractivity contribution >= 4 is 29.9 Å². The molecule has 2 atom stereocenters. The summed E-state index contributed by atoms with van der Waals surface area (Å²) in [7, 11) is -9.46. The van der Waals surface area contributed by atoms with Crippen LogP contribution in [0.25, 0.3) is 0 Å². The molecular weight excluding hydrogens is 582 g/mol. The lowest BCUT2D eigenvalue weighted by Crippen LogP contribution is -2.47. The van der Waals surface area contributed by atoms with Gasteiger partial charge in [-0.05, 0) is 62.7 Å². The number of benzene rings is 2. The molecule has 15 heteroatoms. The Morgan fingerprint density at radius 2 is 1.68 bits per heavy atom. The molecule has 0 saturated carbocycles. The topological polar surface area (TPSA) is 168 Å². The normalized spacial score (nSPS) is 20.9. The van der Waals surface area contributed by atoms with Crippen LogP contribution in [0.5, 0.6) is 5.75 Å². The van der Waals surface area contributed by atoms with Gasteiger partial charge >= 0.3 is 0 Å². The molecule has 12 nitrogen and oxygen atoms in total. The van der Waals surface area contributed by atoms with Gasteiger partial charge in [0.2, 0.25) is 20.0 Å². The second-order valence-corrected chi connectivity index (χ2v) is 15.9. The van der Waals surface area contributed by atoms with Crippen molar-refractivity contribution in [2.45, 2.75) is 51.7 Å². The van der Waals surface area contributed by atoms with Gasteiger partial charge < -0.3 is 19.9 Å². The lowest BCUT2D eigenvalue weighted by atomic mass is 9.88. The number of hydrogen-bond acceptors (Lipinski definition) is 10. The fourth-order valence-electron chi connectivity index (χ4n) is 4.87. The van der Waals surface area contributed by atoms with Crippen molar-refractivity contribution in [2.24, 2.45) is 0 Å². The maximum absolute atomic E-state index is 13.1. The molecule has 4 rings (SSSR count). The van der Waals surface area contributed by atoms with Crippen LogP contribution in [0.2, 0.25) is 0 Å². The van der Waals surface area contributed by atoms with E-state index in [1.165, 1.54) is 47.8 Å². The van der Waals surface area contributed by atoms with Gasteiger partial charge in [-0.25, -0.2) is 30.0 Å². The third kappa shape index (κ3) is 7.20. The molecule has 2 aliphatic rings. The molecule has 1 unspecified atom stereocenters. The van der Waals surface area contributed by atoms with Crippen LogP contribution in [0.15, 0.2) is 63.2 Å². The van der Waals surface area contributed by atoms with Crippen molar-refractivity contribution in [3.63, 3.8) is 0 Å². The number of hydrogen-bond donors (Lipinski definition) is 3. The predicted octanol–water partition coefficient (Wildman–Crippen LogP) is 0.340. The molecule has 2 aliphatic heterocycles. The molecule has 222 valence electrons. The van der Waals surface area contributed by atoms with Gasteiger partial charge in [-0.3, -0.25) is 0 Å². The first-order valence-corrected chi connectivity index (χ1v) is 17.6. The van der Waals surface area contributed by atoms with E-state index < -0.39 is 41.6 Å². The minimum absolute atomic E-state index is 0.0227. The third-order valence-electron chi connectivity index (χ3n) is 7.20. The quantitative estimate of drug-likeness (QED) is 0.320. The molecule has 0 amide bonds. The van der Waals surface area contributed by atoms with E-state index in [4.69, 9.17) is 9.47 Å². The molecule has 40 heavy (non-hydrogen) atoms. The molecule has 0 bridgehead atoms. The summed E-state index contributed by atoms with van der Waals surface area (Å²) in [6.07, 6.45) is 1.93. The summed E-state index contributed by atoms with van der Waals surface area (Å²) in [5.74, 6) is 0.326. The van der Waals surface area contributed by atoms with Crippen LogP contribution >= 0.6 is 0 Å². The highest BCUT2D eigenvalue weighted by Gasteiger charge is 2.44. The number of aliphatic hydroxyl groups excluding tert-OH is 1. The minimum atomic E-state index is -3.76. The van der Waals surface area contributed by atoms with Crippen LogP contribution in [0, 0.1) is 0 Å². The summed E-state index contributed by atoms with van der Waals surface area (Å²) >= 11 is 0. The number of sulfone groups is 1. The van der Waals surface area contributed by atoms with Crippen molar-refractivity contribution in [3.8, 4) is 5.75 Å². The summed E-state index contributed by atoms with van der Waals surface area (Å²) < 4.78 is 88.8. The number of rotatable bonds is 11. The lowest BCUT2D eigenvalue weighted by Gasteiger charge is -2.38. The van der Waals surface area contributed by atoms with E-state index in [9.17, 15) is 30.4 Å². The van der Waals surface area contributed by atoms with Crippen molar-refractivity contribution in [1.29, 1.82) is 0 Å². The fourth-order valence-corrected chi connectivity index (χ4v) is 7.71. The molecular formula is C25H35N3O9S3. The van der Waals surface area contributed by atoms with Gasteiger partial charge in [-0.1, -0.05) is 6.07 Å². The van der Waals surface area contributed by atoms with Gasteiger partial charge in [-0.2, -0.15) is 4.31 Å². The SMILES string of the molecule is CNS(=O)(=O)c1cccc(OC[C@@H](O)CNC2COC3(CCN(S(=O)(=O)c4ccc(S(C)(=O)=O)cc4)CC3)C2)c1. The maximum atomic E-state index is 13.1. The molecule has 0 radical (unpaired) electrons. The highest BCUT2D eigenvalue weighted by molar-refractivity contribution is 7.91. The van der Waals surface area contributed by atoms with Crippen molar-refractivity contribution in [2.75, 3.05) is 46.2 Å². The number of aliphatic hydroxyl groups is 1. The van der Waals surface area contributed by atoms with E-state index >= 15 is 0 Å². The second kappa shape index (κ2) is 12.0. The zero-order valence-corrected chi connectivity index (χ0v) is 24.8. The molecule has 2 saturated heterocycles. The first-order valence-electron chi connectivity index (χ1n) is 12.8. The van der Waals surface area contributed by atoms with E-state index in [-0.39, 0.29) is 47.0 Å². The average molecular weight is 618 g/mol. The Hall–Kier alpha value is -2.11. The van der Waals surface area contributed by atoms with Crippen molar-refractivity contribution < 1.29 is 39.8 Å². The Bertz CT molecular complexity index is 1500. The van der Waals surface area contributed by atoms with Crippen LogP contribution in [-0.2, 0) is 34.6 Å². The van der Waals surface area contributed by atoms with E-state index in [1.54, 1.807) is 12.1 Å². The monoisotopic (exact) mass is 617 g/mol. The molecule has 0 aromatic heterocycles. The number of nitrogens with one attached hydrogen (secondary N) is 2. The first kappa shape index (κ1) is 30.8. The molecule has 2 aromatic rings. The average Bonchev–Trinajstić information content (AvgIpc) is 3.32. The van der Waals surface area contributed by atoms with Gasteiger partial charge in [0.15, 0.2) is 9.84 Å². The van der Waals surface area contributed by atoms with Crippen LogP contribution in [0.4, 0.5) is 0 Å². The Kier molecular flexibility index (Phi) is 9.26. The molecule has 2 fully saturated rings. The number of ether oxygens (including phenoxy) is 2. The van der Waals surface area contributed by atoms with Gasteiger partial charge in [0.25, 0.3) is 0 Å². The standard InChI is InChI=1S/C25H35N3O9S3/c1-26-39(32,33)24-5-3-4-21(14-24)36-18-20(29)16-27-19-15-25(37-17-19)10-12-28(13-11-25)40(34,35)23-8-6-22(7-9-23)38(2,30)31/h3-9,14,19-20,26-27,29H,10-13,15-18H2,1-2H3/t19?,20-/m0/s1. The van der Waals surface area contributed by atoms with Gasteiger partial charge in [-0.15, -0.1) is 0 Å². The smallest absolute Gasteiger partial charge is 0.243 e. The van der Waals surface area contributed by atoms with Gasteiger partial charge in [0.05, 0.1) is 26.9 Å². The summed E-state index contributed by atoms with van der Waals surface area (Å²) in [5.41, 5.74) is -0.454. The number of nitrogens with zero attached hydrogens (tertiary/aromatic N) is 1. The third-order valence-corrected chi connectivity index (χ3v) is 11.7. The van der Waals surface area contributed by atoms with Crippen LogP contribution in [-0.4, -0.2) is 98.6 Å². The van der Waals surface area contributed by atoms with E-state index in [2.05, 4.69) is 10.0 Å². The summed E-state index contributed by atoms with van der Waals surface area (Å²) in [4.78, 5) is 0.180.